The van der Waals surface area contributed by atoms with Crippen LogP contribution in [-0.4, -0.2) is 73.3 Å². The van der Waals surface area contributed by atoms with E-state index < -0.39 is 16.2 Å². The summed E-state index contributed by atoms with van der Waals surface area (Å²) in [6.07, 6.45) is 0. The van der Waals surface area contributed by atoms with Crippen LogP contribution < -0.4 is 18.9 Å². The van der Waals surface area contributed by atoms with E-state index in [0.717, 1.165) is 44.5 Å². The first-order chi connectivity index (χ1) is 23.5. The van der Waals surface area contributed by atoms with Crippen molar-refractivity contribution < 1.29 is 39.4 Å². The molecule has 5 rings (SSSR count). The average molecular weight is 671 g/mol. The lowest BCUT2D eigenvalue weighted by atomic mass is 9.65. The van der Waals surface area contributed by atoms with Gasteiger partial charge >= 0.3 is 0 Å². The Morgan fingerprint density at radius 3 is 1.14 bits per heavy atom. The van der Waals surface area contributed by atoms with Gasteiger partial charge in [-0.1, -0.05) is 102 Å². The molecule has 8 heteroatoms. The highest BCUT2D eigenvalue weighted by atomic mass is 16.5. The Labute approximate surface area is 289 Å². The molecule has 0 aliphatic heterocycles. The lowest BCUT2D eigenvalue weighted by Crippen LogP contribution is -2.33. The monoisotopic (exact) mass is 670 g/mol. The maximum Gasteiger partial charge on any atom is 0.131 e. The first-order valence-corrected chi connectivity index (χ1v) is 17.0. The van der Waals surface area contributed by atoms with Crippen molar-refractivity contribution in [2.75, 3.05) is 52.9 Å². The minimum absolute atomic E-state index is 0.0496. The summed E-state index contributed by atoms with van der Waals surface area (Å²) in [6.45, 7) is 12.2. The number of fused-ring (bicyclic) bond motifs is 3. The van der Waals surface area contributed by atoms with Crippen molar-refractivity contribution >= 4 is 0 Å². The number of aliphatic hydroxyl groups excluding tert-OH is 4. The van der Waals surface area contributed by atoms with Crippen LogP contribution in [0, 0.1) is 0 Å². The molecule has 0 fully saturated rings. The zero-order chi connectivity index (χ0) is 35.4. The summed E-state index contributed by atoms with van der Waals surface area (Å²) in [6, 6.07) is 24.6. The van der Waals surface area contributed by atoms with Gasteiger partial charge in [0, 0.05) is 22.3 Å². The van der Waals surface area contributed by atoms with Crippen molar-refractivity contribution in [3.05, 3.63) is 106 Å². The number of aliphatic hydroxyl groups is 4. The van der Waals surface area contributed by atoms with Crippen LogP contribution >= 0.6 is 0 Å². The summed E-state index contributed by atoms with van der Waals surface area (Å²) in [4.78, 5) is 0. The molecule has 4 aromatic carbocycles. The van der Waals surface area contributed by atoms with Gasteiger partial charge in [0.15, 0.2) is 0 Å². The van der Waals surface area contributed by atoms with Crippen LogP contribution in [0.15, 0.2) is 72.8 Å². The van der Waals surface area contributed by atoms with Crippen LogP contribution in [0.4, 0.5) is 0 Å². The maximum absolute atomic E-state index is 10.1. The third-order valence-corrected chi connectivity index (χ3v) is 8.87. The van der Waals surface area contributed by atoms with E-state index >= 15 is 0 Å². The summed E-state index contributed by atoms with van der Waals surface area (Å²) in [5.74, 6) is 2.34. The van der Waals surface area contributed by atoms with Crippen LogP contribution in [0.5, 0.6) is 23.0 Å². The molecule has 0 saturated carbocycles. The topological polar surface area (TPSA) is 118 Å². The fourth-order valence-electron chi connectivity index (χ4n) is 7.25. The van der Waals surface area contributed by atoms with E-state index in [4.69, 9.17) is 18.9 Å². The molecule has 0 saturated heterocycles. The van der Waals surface area contributed by atoms with Crippen molar-refractivity contribution in [3.8, 4) is 34.1 Å². The van der Waals surface area contributed by atoms with E-state index in [-0.39, 0.29) is 52.9 Å². The van der Waals surface area contributed by atoms with Gasteiger partial charge in [-0.3, -0.25) is 0 Å². The smallest absolute Gasteiger partial charge is 0.131 e. The largest absolute Gasteiger partial charge is 0.491 e. The molecule has 0 heterocycles. The number of rotatable bonds is 14. The minimum atomic E-state index is -1.01. The lowest BCUT2D eigenvalue weighted by molar-refractivity contribution is 0.186. The van der Waals surface area contributed by atoms with Crippen LogP contribution in [0.3, 0.4) is 0 Å². The molecule has 0 amide bonds. The Morgan fingerprint density at radius 1 is 0.449 bits per heavy atom. The first kappa shape index (κ1) is 36.2. The van der Waals surface area contributed by atoms with Crippen molar-refractivity contribution in [2.45, 2.75) is 57.8 Å². The van der Waals surface area contributed by atoms with E-state index in [1.165, 1.54) is 0 Å². The summed E-state index contributed by atoms with van der Waals surface area (Å²) < 4.78 is 25.5. The van der Waals surface area contributed by atoms with Crippen molar-refractivity contribution in [3.63, 3.8) is 0 Å². The molecule has 0 bridgehead atoms. The van der Waals surface area contributed by atoms with E-state index in [0.29, 0.717) is 23.0 Å². The third-order valence-electron chi connectivity index (χ3n) is 8.87. The van der Waals surface area contributed by atoms with Gasteiger partial charge in [-0.15, -0.1) is 0 Å². The predicted octanol–water partition coefficient (Wildman–Crippen LogP) is 6.13. The molecule has 1 aliphatic rings. The molecule has 0 aromatic heterocycles. The minimum Gasteiger partial charge on any atom is -0.491 e. The third kappa shape index (κ3) is 6.63. The Bertz CT molecular complexity index is 1620. The summed E-state index contributed by atoms with van der Waals surface area (Å²) in [7, 11) is 0. The standard InChI is InChI=1S/C41H50O8/c1-39(2,3)35-33(46-23-19-42)17-15-31(37(35)48-25-21-44)41(29-13-9-7-11-27(29)28-12-8-10-14-30(28)41)32-16-18-34(47-24-20-43)36(40(4,5)6)38(32)49-26-22-45/h7-18,42-45H,19-26H2,1-6H3. The van der Waals surface area contributed by atoms with E-state index in [9.17, 15) is 20.4 Å². The average Bonchev–Trinajstić information content (AvgIpc) is 3.37. The van der Waals surface area contributed by atoms with E-state index in [2.05, 4.69) is 65.8 Å². The van der Waals surface area contributed by atoms with Gasteiger partial charge in [-0.05, 0) is 45.2 Å². The second kappa shape index (κ2) is 14.8. The molecule has 0 spiro atoms. The highest BCUT2D eigenvalue weighted by Gasteiger charge is 2.51. The van der Waals surface area contributed by atoms with Gasteiger partial charge in [0.05, 0.1) is 31.8 Å². The van der Waals surface area contributed by atoms with Crippen LogP contribution in [0.25, 0.3) is 11.1 Å². The molecule has 1 aliphatic carbocycles. The molecule has 0 unspecified atom stereocenters. The molecular weight excluding hydrogens is 620 g/mol. The summed E-state index contributed by atoms with van der Waals surface area (Å²) in [5, 5.41) is 39.6. The second-order valence-electron chi connectivity index (χ2n) is 14.3. The first-order valence-electron chi connectivity index (χ1n) is 17.0. The van der Waals surface area contributed by atoms with Crippen LogP contribution in [0.1, 0.15) is 74.9 Å². The van der Waals surface area contributed by atoms with Gasteiger partial charge in [0.2, 0.25) is 0 Å². The zero-order valence-corrected chi connectivity index (χ0v) is 29.5. The van der Waals surface area contributed by atoms with Gasteiger partial charge in [-0.25, -0.2) is 0 Å². The molecule has 8 nitrogen and oxygen atoms in total. The Morgan fingerprint density at radius 2 is 0.796 bits per heavy atom. The number of benzene rings is 4. The van der Waals surface area contributed by atoms with Crippen molar-refractivity contribution in [2.24, 2.45) is 0 Å². The predicted molar refractivity (Wildman–Crippen MR) is 191 cm³/mol. The van der Waals surface area contributed by atoms with Crippen molar-refractivity contribution in [1.29, 1.82) is 0 Å². The van der Waals surface area contributed by atoms with Gasteiger partial charge in [-0.2, -0.15) is 0 Å². The molecule has 4 aromatic rings. The molecule has 4 N–H and O–H groups in total. The molecule has 0 radical (unpaired) electrons. The number of hydrogen-bond donors (Lipinski definition) is 4. The highest BCUT2D eigenvalue weighted by Crippen LogP contribution is 2.62. The Hall–Kier alpha value is -4.08. The fraction of sp³-hybridized carbons (Fsp3) is 0.415. The van der Waals surface area contributed by atoms with Crippen LogP contribution in [0.2, 0.25) is 0 Å². The fourth-order valence-corrected chi connectivity index (χ4v) is 7.25. The quantitative estimate of drug-likeness (QED) is 0.112. The molecule has 262 valence electrons. The summed E-state index contributed by atoms with van der Waals surface area (Å²) in [5.41, 5.74) is 5.50. The lowest BCUT2D eigenvalue weighted by Gasteiger charge is -2.39. The maximum atomic E-state index is 10.1. The SMILES string of the molecule is CC(C)(C)c1c(OCCO)ccc(C2(c3ccc(OCCO)c(C(C)(C)C)c3OCCO)c3ccccc3-c3ccccc32)c1OCCO. The Balaban J connectivity index is 2.04. The van der Waals surface area contributed by atoms with E-state index in [1.807, 2.05) is 48.5 Å². The number of ether oxygens (including phenoxy) is 4. The highest BCUT2D eigenvalue weighted by molar-refractivity contribution is 5.88. The molecule has 0 atom stereocenters. The number of hydrogen-bond acceptors (Lipinski definition) is 8. The molecular formula is C41H50O8. The van der Waals surface area contributed by atoms with Gasteiger partial charge in [0.1, 0.15) is 49.4 Å². The Kier molecular flexibility index (Phi) is 10.9. The second-order valence-corrected chi connectivity index (χ2v) is 14.3. The normalized spacial score (nSPS) is 13.5. The van der Waals surface area contributed by atoms with E-state index in [1.54, 1.807) is 0 Å². The van der Waals surface area contributed by atoms with Gasteiger partial charge < -0.3 is 39.4 Å². The zero-order valence-electron chi connectivity index (χ0n) is 29.5. The van der Waals surface area contributed by atoms with Gasteiger partial charge in [0.25, 0.3) is 0 Å². The van der Waals surface area contributed by atoms with Crippen LogP contribution in [-0.2, 0) is 16.2 Å². The summed E-state index contributed by atoms with van der Waals surface area (Å²) >= 11 is 0. The molecule has 49 heavy (non-hydrogen) atoms. The van der Waals surface area contributed by atoms with Crippen molar-refractivity contribution in [1.82, 2.24) is 0 Å².